The van der Waals surface area contributed by atoms with E-state index in [0.29, 0.717) is 10.6 Å². The smallest absolute Gasteiger partial charge is 0.0998 e. The highest BCUT2D eigenvalue weighted by atomic mass is 35.5. The molecule has 116 valence electrons. The lowest BCUT2D eigenvalue weighted by atomic mass is 10.0. The third-order valence-corrected chi connectivity index (χ3v) is 4.11. The molecule has 0 radical (unpaired) electrons. The zero-order valence-corrected chi connectivity index (χ0v) is 13.5. The van der Waals surface area contributed by atoms with E-state index in [1.165, 1.54) is 5.69 Å². The van der Waals surface area contributed by atoms with Gasteiger partial charge in [-0.25, -0.2) is 0 Å². The maximum Gasteiger partial charge on any atom is 0.0998 e. The number of nitrogens with zero attached hydrogens (tertiary/aromatic N) is 2. The highest BCUT2D eigenvalue weighted by Gasteiger charge is 2.10. The summed E-state index contributed by atoms with van der Waals surface area (Å²) in [6, 6.07) is 17.8. The van der Waals surface area contributed by atoms with E-state index in [4.69, 9.17) is 16.3 Å². The summed E-state index contributed by atoms with van der Waals surface area (Å²) in [7, 11) is 0. The topological polar surface area (TPSA) is 36.3 Å². The van der Waals surface area contributed by atoms with Crippen LogP contribution in [-0.4, -0.2) is 26.3 Å². The molecule has 1 saturated heterocycles. The Kier molecular flexibility index (Phi) is 4.97. The lowest BCUT2D eigenvalue weighted by molar-refractivity contribution is 0.122. The molecule has 2 aromatic carbocycles. The van der Waals surface area contributed by atoms with Crippen LogP contribution in [0.3, 0.4) is 0 Å². The molecule has 0 spiro atoms. The van der Waals surface area contributed by atoms with Gasteiger partial charge in [0.05, 0.1) is 24.9 Å². The molecule has 1 fully saturated rings. The average molecular weight is 325 g/mol. The lowest BCUT2D eigenvalue weighted by Gasteiger charge is -2.28. The van der Waals surface area contributed by atoms with Crippen LogP contribution in [0.25, 0.3) is 11.6 Å². The first-order valence-corrected chi connectivity index (χ1v) is 7.94. The van der Waals surface area contributed by atoms with Crippen molar-refractivity contribution in [3.05, 3.63) is 64.7 Å². The standard InChI is InChI=1S/C19H17ClN2O/c20-18-5-3-16(4-6-18)17(14-21)13-15-1-7-19(8-2-15)22-9-11-23-12-10-22/h1-8,13H,9-12H2. The van der Waals surface area contributed by atoms with Crippen LogP contribution in [0.1, 0.15) is 11.1 Å². The molecule has 0 unspecified atom stereocenters. The molecule has 0 amide bonds. The average Bonchev–Trinajstić information content (AvgIpc) is 2.62. The first-order valence-electron chi connectivity index (χ1n) is 7.57. The minimum atomic E-state index is 0.626. The minimum Gasteiger partial charge on any atom is -0.378 e. The Hall–Kier alpha value is -2.28. The van der Waals surface area contributed by atoms with E-state index in [0.717, 1.165) is 37.4 Å². The van der Waals surface area contributed by atoms with Gasteiger partial charge < -0.3 is 9.64 Å². The van der Waals surface area contributed by atoms with Crippen molar-refractivity contribution in [1.82, 2.24) is 0 Å². The Morgan fingerprint density at radius 3 is 2.30 bits per heavy atom. The molecule has 0 atom stereocenters. The number of hydrogen-bond donors (Lipinski definition) is 0. The molecule has 4 heteroatoms. The summed E-state index contributed by atoms with van der Waals surface area (Å²) in [5.74, 6) is 0. The summed E-state index contributed by atoms with van der Waals surface area (Å²) in [5.41, 5.74) is 3.69. The number of morpholine rings is 1. The fourth-order valence-electron chi connectivity index (χ4n) is 2.58. The first-order chi connectivity index (χ1) is 11.3. The van der Waals surface area contributed by atoms with Crippen LogP contribution < -0.4 is 4.90 Å². The molecular formula is C19H17ClN2O. The van der Waals surface area contributed by atoms with Gasteiger partial charge in [-0.3, -0.25) is 0 Å². The molecular weight excluding hydrogens is 308 g/mol. The van der Waals surface area contributed by atoms with Crippen molar-refractivity contribution in [3.8, 4) is 6.07 Å². The summed E-state index contributed by atoms with van der Waals surface area (Å²) >= 11 is 5.90. The van der Waals surface area contributed by atoms with Crippen molar-refractivity contribution in [2.45, 2.75) is 0 Å². The SMILES string of the molecule is N#CC(=Cc1ccc(N2CCOCC2)cc1)c1ccc(Cl)cc1. The lowest BCUT2D eigenvalue weighted by Crippen LogP contribution is -2.36. The Labute approximate surface area is 141 Å². The Morgan fingerprint density at radius 2 is 1.70 bits per heavy atom. The number of allylic oxidation sites excluding steroid dienone is 1. The van der Waals surface area contributed by atoms with Crippen molar-refractivity contribution in [1.29, 1.82) is 5.26 Å². The van der Waals surface area contributed by atoms with Gasteiger partial charge in [0, 0.05) is 23.8 Å². The number of anilines is 1. The number of ether oxygens (including phenoxy) is 1. The van der Waals surface area contributed by atoms with Crippen LogP contribution in [0.4, 0.5) is 5.69 Å². The predicted octanol–water partition coefficient (Wildman–Crippen LogP) is 4.24. The van der Waals surface area contributed by atoms with E-state index in [1.54, 1.807) is 12.1 Å². The van der Waals surface area contributed by atoms with E-state index in [9.17, 15) is 5.26 Å². The summed E-state index contributed by atoms with van der Waals surface area (Å²) in [6.07, 6.45) is 1.90. The maximum atomic E-state index is 9.40. The van der Waals surface area contributed by atoms with E-state index in [2.05, 4.69) is 23.1 Å². The van der Waals surface area contributed by atoms with Gasteiger partial charge in [-0.05, 0) is 41.5 Å². The van der Waals surface area contributed by atoms with Crippen LogP contribution >= 0.6 is 11.6 Å². The Bertz CT molecular complexity index is 723. The Morgan fingerprint density at radius 1 is 1.04 bits per heavy atom. The zero-order chi connectivity index (χ0) is 16.1. The first kappa shape index (κ1) is 15.6. The molecule has 1 heterocycles. The van der Waals surface area contributed by atoms with Crippen molar-refractivity contribution in [3.63, 3.8) is 0 Å². The quantitative estimate of drug-likeness (QED) is 0.626. The number of rotatable bonds is 3. The maximum absolute atomic E-state index is 9.40. The highest BCUT2D eigenvalue weighted by Crippen LogP contribution is 2.22. The summed E-state index contributed by atoms with van der Waals surface area (Å²) < 4.78 is 5.37. The van der Waals surface area contributed by atoms with Gasteiger partial charge in [0.15, 0.2) is 0 Å². The molecule has 23 heavy (non-hydrogen) atoms. The van der Waals surface area contributed by atoms with Crippen LogP contribution in [-0.2, 0) is 4.74 Å². The molecule has 3 rings (SSSR count). The largest absolute Gasteiger partial charge is 0.378 e. The van der Waals surface area contributed by atoms with E-state index in [1.807, 2.05) is 30.3 Å². The van der Waals surface area contributed by atoms with Gasteiger partial charge in [0.2, 0.25) is 0 Å². The second kappa shape index (κ2) is 7.32. The summed E-state index contributed by atoms with van der Waals surface area (Å²) in [5, 5.41) is 10.1. The molecule has 3 nitrogen and oxygen atoms in total. The molecule has 0 N–H and O–H groups in total. The van der Waals surface area contributed by atoms with Crippen LogP contribution in [0.5, 0.6) is 0 Å². The van der Waals surface area contributed by atoms with Gasteiger partial charge in [-0.2, -0.15) is 5.26 Å². The molecule has 1 aliphatic heterocycles. The van der Waals surface area contributed by atoms with Gasteiger partial charge in [0.25, 0.3) is 0 Å². The predicted molar refractivity (Wildman–Crippen MR) is 94.4 cm³/mol. The van der Waals surface area contributed by atoms with Crippen LogP contribution in [0.2, 0.25) is 5.02 Å². The minimum absolute atomic E-state index is 0.626. The molecule has 0 bridgehead atoms. The fraction of sp³-hybridized carbons (Fsp3) is 0.211. The second-order valence-corrected chi connectivity index (χ2v) is 5.80. The zero-order valence-electron chi connectivity index (χ0n) is 12.7. The number of hydrogen-bond acceptors (Lipinski definition) is 3. The third-order valence-electron chi connectivity index (χ3n) is 3.86. The van der Waals surface area contributed by atoms with E-state index < -0.39 is 0 Å². The second-order valence-electron chi connectivity index (χ2n) is 5.37. The highest BCUT2D eigenvalue weighted by molar-refractivity contribution is 6.30. The van der Waals surface area contributed by atoms with E-state index >= 15 is 0 Å². The molecule has 0 aliphatic carbocycles. The molecule has 0 aromatic heterocycles. The number of halogens is 1. The number of nitriles is 1. The summed E-state index contributed by atoms with van der Waals surface area (Å²) in [6.45, 7) is 3.39. The summed E-state index contributed by atoms with van der Waals surface area (Å²) in [4.78, 5) is 2.31. The van der Waals surface area contributed by atoms with E-state index in [-0.39, 0.29) is 0 Å². The van der Waals surface area contributed by atoms with Crippen molar-refractivity contribution in [2.75, 3.05) is 31.2 Å². The third kappa shape index (κ3) is 3.92. The monoisotopic (exact) mass is 324 g/mol. The molecule has 1 aliphatic rings. The van der Waals surface area contributed by atoms with Crippen LogP contribution in [0, 0.1) is 11.3 Å². The van der Waals surface area contributed by atoms with Crippen molar-refractivity contribution >= 4 is 28.9 Å². The molecule has 2 aromatic rings. The van der Waals surface area contributed by atoms with Gasteiger partial charge in [0.1, 0.15) is 0 Å². The normalized spacial score (nSPS) is 15.3. The van der Waals surface area contributed by atoms with Gasteiger partial charge in [-0.15, -0.1) is 0 Å². The van der Waals surface area contributed by atoms with Gasteiger partial charge >= 0.3 is 0 Å². The number of benzene rings is 2. The van der Waals surface area contributed by atoms with Gasteiger partial charge in [-0.1, -0.05) is 35.9 Å². The fourth-order valence-corrected chi connectivity index (χ4v) is 2.71. The van der Waals surface area contributed by atoms with Crippen LogP contribution in [0.15, 0.2) is 48.5 Å². The van der Waals surface area contributed by atoms with Crippen molar-refractivity contribution in [2.24, 2.45) is 0 Å². The Balaban J connectivity index is 1.80. The molecule has 0 saturated carbocycles. The van der Waals surface area contributed by atoms with Crippen molar-refractivity contribution < 1.29 is 4.74 Å².